The molecule has 2 rings (SSSR count). The van der Waals surface area contributed by atoms with E-state index in [0.29, 0.717) is 23.0 Å². The Hall–Kier alpha value is -0.580. The highest BCUT2D eigenvalue weighted by Gasteiger charge is 2.41. The molecule has 1 aromatic carbocycles. The molecule has 0 aliphatic heterocycles. The minimum absolute atomic E-state index is 0.166. The van der Waals surface area contributed by atoms with Gasteiger partial charge in [0.25, 0.3) is 5.91 Å². The van der Waals surface area contributed by atoms with Crippen molar-refractivity contribution in [3.05, 3.63) is 33.3 Å². The van der Waals surface area contributed by atoms with E-state index >= 15 is 0 Å². The topological polar surface area (TPSA) is 55.1 Å². The van der Waals surface area contributed by atoms with E-state index in [1.54, 1.807) is 12.1 Å². The van der Waals surface area contributed by atoms with Gasteiger partial charge in [-0.05, 0) is 53.7 Å². The molecular weight excluding hydrogens is 316 g/mol. The predicted molar refractivity (Wildman–Crippen MR) is 76.8 cm³/mol. The first kappa shape index (κ1) is 13.8. The molecule has 0 saturated heterocycles. The van der Waals surface area contributed by atoms with Crippen LogP contribution in [-0.4, -0.2) is 18.0 Å². The molecule has 0 aromatic heterocycles. The summed E-state index contributed by atoms with van der Waals surface area (Å²) in [5, 5.41) is 3.46. The van der Waals surface area contributed by atoms with E-state index in [1.807, 2.05) is 13.0 Å². The van der Waals surface area contributed by atoms with Crippen LogP contribution in [0.3, 0.4) is 0 Å². The van der Waals surface area contributed by atoms with Crippen LogP contribution >= 0.6 is 27.5 Å². The molecule has 5 heteroatoms. The van der Waals surface area contributed by atoms with Gasteiger partial charge in [-0.3, -0.25) is 4.79 Å². The first-order chi connectivity index (χ1) is 8.48. The maximum Gasteiger partial charge on any atom is 0.253 e. The van der Waals surface area contributed by atoms with Crippen molar-refractivity contribution in [3.8, 4) is 0 Å². The number of nitrogens with one attached hydrogen (secondary N) is 1. The summed E-state index contributed by atoms with van der Waals surface area (Å²) in [5.74, 6) is 0.318. The van der Waals surface area contributed by atoms with E-state index < -0.39 is 0 Å². The number of hydrogen-bond acceptors (Lipinski definition) is 2. The number of carbonyl (C=O) groups is 1. The number of halogens is 2. The smallest absolute Gasteiger partial charge is 0.253 e. The van der Waals surface area contributed by atoms with Crippen LogP contribution in [0.2, 0.25) is 5.02 Å². The van der Waals surface area contributed by atoms with Crippen LogP contribution in [-0.2, 0) is 0 Å². The molecule has 1 unspecified atom stereocenters. The second-order valence-corrected chi connectivity index (χ2v) is 6.18. The largest absolute Gasteiger partial charge is 0.345 e. The monoisotopic (exact) mass is 330 g/mol. The SMILES string of the molecule is CC(CN)(NC(=O)c1cccc(Br)c1Cl)C1CC1. The number of benzene rings is 1. The zero-order valence-corrected chi connectivity index (χ0v) is 12.5. The van der Waals surface area contributed by atoms with Gasteiger partial charge in [0.05, 0.1) is 16.1 Å². The van der Waals surface area contributed by atoms with Gasteiger partial charge in [0.2, 0.25) is 0 Å². The van der Waals surface area contributed by atoms with Crippen LogP contribution < -0.4 is 11.1 Å². The predicted octanol–water partition coefficient (Wildman–Crippen LogP) is 2.96. The number of hydrogen-bond donors (Lipinski definition) is 2. The number of nitrogens with two attached hydrogens (primary N) is 1. The fourth-order valence-corrected chi connectivity index (χ4v) is 2.62. The highest BCUT2D eigenvalue weighted by Crippen LogP contribution is 2.39. The zero-order chi connectivity index (χ0) is 13.3. The Labute approximate surface area is 120 Å². The van der Waals surface area contributed by atoms with Crippen LogP contribution in [0.1, 0.15) is 30.1 Å². The fraction of sp³-hybridized carbons (Fsp3) is 0.462. The van der Waals surface area contributed by atoms with Gasteiger partial charge in [0.1, 0.15) is 0 Å². The average molecular weight is 332 g/mol. The minimum Gasteiger partial charge on any atom is -0.345 e. The summed E-state index contributed by atoms with van der Waals surface area (Å²) >= 11 is 9.43. The molecule has 18 heavy (non-hydrogen) atoms. The van der Waals surface area contributed by atoms with E-state index in [0.717, 1.165) is 17.3 Å². The molecule has 3 N–H and O–H groups in total. The normalized spacial score (nSPS) is 18.2. The third kappa shape index (κ3) is 2.71. The van der Waals surface area contributed by atoms with E-state index in [1.165, 1.54) is 0 Å². The van der Waals surface area contributed by atoms with E-state index in [-0.39, 0.29) is 11.4 Å². The Morgan fingerprint density at radius 3 is 2.83 bits per heavy atom. The lowest BCUT2D eigenvalue weighted by Gasteiger charge is -2.29. The summed E-state index contributed by atoms with van der Waals surface area (Å²) in [5.41, 5.74) is 5.93. The molecule has 0 heterocycles. The molecule has 1 aliphatic carbocycles. The molecule has 1 amide bonds. The van der Waals surface area contributed by atoms with Crippen molar-refractivity contribution in [2.45, 2.75) is 25.3 Å². The summed E-state index contributed by atoms with van der Waals surface area (Å²) < 4.78 is 0.720. The molecule has 98 valence electrons. The first-order valence-corrected chi connectivity index (χ1v) is 7.11. The Bertz CT molecular complexity index is 476. The van der Waals surface area contributed by atoms with Crippen LogP contribution in [0.4, 0.5) is 0 Å². The summed E-state index contributed by atoms with van der Waals surface area (Å²) in [6.45, 7) is 2.43. The third-order valence-electron chi connectivity index (χ3n) is 3.50. The first-order valence-electron chi connectivity index (χ1n) is 5.94. The Morgan fingerprint density at radius 1 is 1.61 bits per heavy atom. The second-order valence-electron chi connectivity index (χ2n) is 4.95. The summed E-state index contributed by atoms with van der Waals surface area (Å²) in [7, 11) is 0. The van der Waals surface area contributed by atoms with Crippen molar-refractivity contribution >= 4 is 33.4 Å². The highest BCUT2D eigenvalue weighted by atomic mass is 79.9. The van der Waals surface area contributed by atoms with Crippen molar-refractivity contribution in [1.29, 1.82) is 0 Å². The molecule has 1 aromatic rings. The maximum absolute atomic E-state index is 12.3. The average Bonchev–Trinajstić information content (AvgIpc) is 3.16. The zero-order valence-electron chi connectivity index (χ0n) is 10.2. The summed E-state index contributed by atoms with van der Waals surface area (Å²) in [6, 6.07) is 5.32. The lowest BCUT2D eigenvalue weighted by molar-refractivity contribution is 0.0898. The van der Waals surface area contributed by atoms with Crippen LogP contribution in [0.25, 0.3) is 0 Å². The van der Waals surface area contributed by atoms with Gasteiger partial charge in [-0.2, -0.15) is 0 Å². The molecule has 1 aliphatic rings. The number of rotatable bonds is 4. The van der Waals surface area contributed by atoms with Gasteiger partial charge in [0.15, 0.2) is 0 Å². The lowest BCUT2D eigenvalue weighted by atomic mass is 9.95. The number of carbonyl (C=O) groups excluding carboxylic acids is 1. The summed E-state index contributed by atoms with van der Waals surface area (Å²) in [6.07, 6.45) is 2.25. The molecule has 1 atom stereocenters. The van der Waals surface area contributed by atoms with Crippen molar-refractivity contribution in [1.82, 2.24) is 5.32 Å². The summed E-state index contributed by atoms with van der Waals surface area (Å²) in [4.78, 5) is 12.3. The Morgan fingerprint density at radius 2 is 2.28 bits per heavy atom. The van der Waals surface area contributed by atoms with Crippen LogP contribution in [0.15, 0.2) is 22.7 Å². The van der Waals surface area contributed by atoms with Crippen LogP contribution in [0, 0.1) is 5.92 Å². The fourth-order valence-electron chi connectivity index (χ4n) is 2.05. The van der Waals surface area contributed by atoms with Crippen molar-refractivity contribution in [3.63, 3.8) is 0 Å². The lowest BCUT2D eigenvalue weighted by Crippen LogP contribution is -2.53. The minimum atomic E-state index is -0.331. The standard InChI is InChI=1S/C13H16BrClN2O/c1-13(7-16,8-5-6-8)17-12(18)9-3-2-4-10(14)11(9)15/h2-4,8H,5-7,16H2,1H3,(H,17,18). The van der Waals surface area contributed by atoms with Crippen molar-refractivity contribution < 1.29 is 4.79 Å². The molecular formula is C13H16BrClN2O. The van der Waals surface area contributed by atoms with Gasteiger partial charge < -0.3 is 11.1 Å². The second kappa shape index (κ2) is 5.19. The molecule has 0 radical (unpaired) electrons. The van der Waals surface area contributed by atoms with E-state index in [2.05, 4.69) is 21.2 Å². The molecule has 1 saturated carbocycles. The van der Waals surface area contributed by atoms with Crippen molar-refractivity contribution in [2.75, 3.05) is 6.54 Å². The molecule has 3 nitrogen and oxygen atoms in total. The highest BCUT2D eigenvalue weighted by molar-refractivity contribution is 9.10. The van der Waals surface area contributed by atoms with Gasteiger partial charge in [-0.25, -0.2) is 0 Å². The van der Waals surface area contributed by atoms with Gasteiger partial charge in [-0.15, -0.1) is 0 Å². The van der Waals surface area contributed by atoms with Gasteiger partial charge in [0, 0.05) is 11.0 Å². The maximum atomic E-state index is 12.3. The van der Waals surface area contributed by atoms with E-state index in [9.17, 15) is 4.79 Å². The van der Waals surface area contributed by atoms with Crippen molar-refractivity contribution in [2.24, 2.45) is 11.7 Å². The molecule has 0 spiro atoms. The number of amides is 1. The molecule has 1 fully saturated rings. The Balaban J connectivity index is 2.19. The third-order valence-corrected chi connectivity index (χ3v) is 4.79. The van der Waals surface area contributed by atoms with Crippen LogP contribution in [0.5, 0.6) is 0 Å². The quantitative estimate of drug-likeness (QED) is 0.891. The molecule has 0 bridgehead atoms. The van der Waals surface area contributed by atoms with Gasteiger partial charge >= 0.3 is 0 Å². The van der Waals surface area contributed by atoms with E-state index in [4.69, 9.17) is 17.3 Å². The Kier molecular flexibility index (Phi) is 3.99. The van der Waals surface area contributed by atoms with Gasteiger partial charge in [-0.1, -0.05) is 17.7 Å².